The van der Waals surface area contributed by atoms with Crippen LogP contribution in [0.15, 0.2) is 22.7 Å². The van der Waals surface area contributed by atoms with E-state index in [0.717, 1.165) is 24.7 Å². The van der Waals surface area contributed by atoms with Crippen LogP contribution in [0.3, 0.4) is 0 Å². The van der Waals surface area contributed by atoms with Gasteiger partial charge in [0.05, 0.1) is 0 Å². The average molecular weight is 323 g/mol. The van der Waals surface area contributed by atoms with Crippen LogP contribution in [-0.4, -0.2) is 24.7 Å². The Morgan fingerprint density at radius 2 is 1.95 bits per heavy atom. The van der Waals surface area contributed by atoms with Gasteiger partial charge in [-0.15, -0.1) is 0 Å². The van der Waals surface area contributed by atoms with Crippen molar-refractivity contribution in [1.29, 1.82) is 0 Å². The second-order valence-corrected chi connectivity index (χ2v) is 6.86. The summed E-state index contributed by atoms with van der Waals surface area (Å²) in [6.45, 7) is 5.55. The monoisotopic (exact) mass is 322 g/mol. The van der Waals surface area contributed by atoms with Crippen LogP contribution in [0.4, 0.5) is 5.69 Å². The Hall–Kier alpha value is -0.540. The molecule has 2 saturated heterocycles. The average Bonchev–Trinajstić information content (AvgIpc) is 2.64. The molecule has 2 nitrogen and oxygen atoms in total. The molecule has 0 saturated carbocycles. The van der Waals surface area contributed by atoms with Crippen LogP contribution in [-0.2, 0) is 0 Å². The highest BCUT2D eigenvalue weighted by Crippen LogP contribution is 2.41. The third kappa shape index (κ3) is 2.55. The zero-order chi connectivity index (χ0) is 13.4. The number of hydrogen-bond donors (Lipinski definition) is 1. The van der Waals surface area contributed by atoms with Gasteiger partial charge < -0.3 is 10.2 Å². The Morgan fingerprint density at radius 1 is 1.26 bits per heavy atom. The molecule has 104 valence electrons. The van der Waals surface area contributed by atoms with E-state index in [0.29, 0.717) is 0 Å². The normalized spacial score (nSPS) is 29.8. The highest BCUT2D eigenvalue weighted by atomic mass is 79.9. The van der Waals surface area contributed by atoms with E-state index in [9.17, 15) is 0 Å². The number of nitrogens with zero attached hydrogens (tertiary/aromatic N) is 1. The van der Waals surface area contributed by atoms with Gasteiger partial charge in [-0.2, -0.15) is 0 Å². The third-order valence-electron chi connectivity index (χ3n) is 4.68. The standard InChI is InChI=1S/C16H23BrN2/c1-3-18-13-9-14-6-7-15(10-13)19(14)16-8-12(17)5-4-11(16)2/h4-5,8,13-15,18H,3,6-7,9-10H2,1-2H3. The number of hydrogen-bond acceptors (Lipinski definition) is 2. The number of rotatable bonds is 3. The minimum atomic E-state index is 0.728. The lowest BCUT2D eigenvalue weighted by atomic mass is 9.95. The Morgan fingerprint density at radius 3 is 2.58 bits per heavy atom. The molecule has 0 radical (unpaired) electrons. The molecule has 2 unspecified atom stereocenters. The second-order valence-electron chi connectivity index (χ2n) is 5.95. The second kappa shape index (κ2) is 5.45. The first-order valence-corrected chi connectivity index (χ1v) is 8.26. The van der Waals surface area contributed by atoms with Gasteiger partial charge in [-0.1, -0.05) is 28.9 Å². The van der Waals surface area contributed by atoms with Gasteiger partial charge in [0.15, 0.2) is 0 Å². The number of piperidine rings is 1. The van der Waals surface area contributed by atoms with Crippen LogP contribution in [0.2, 0.25) is 0 Å². The molecule has 2 atom stereocenters. The van der Waals surface area contributed by atoms with E-state index in [-0.39, 0.29) is 0 Å². The molecule has 1 N–H and O–H groups in total. The maximum atomic E-state index is 3.65. The first-order valence-electron chi connectivity index (χ1n) is 7.47. The Kier molecular flexibility index (Phi) is 3.86. The molecule has 3 rings (SSSR count). The molecule has 0 spiro atoms. The first kappa shape index (κ1) is 13.4. The summed E-state index contributed by atoms with van der Waals surface area (Å²) in [5.41, 5.74) is 2.85. The maximum Gasteiger partial charge on any atom is 0.0412 e. The zero-order valence-corrected chi connectivity index (χ0v) is 13.4. The molecule has 2 heterocycles. The van der Waals surface area contributed by atoms with Crippen molar-refractivity contribution >= 4 is 21.6 Å². The van der Waals surface area contributed by atoms with Crippen molar-refractivity contribution in [1.82, 2.24) is 5.32 Å². The van der Waals surface area contributed by atoms with Crippen LogP contribution >= 0.6 is 15.9 Å². The summed E-state index contributed by atoms with van der Waals surface area (Å²) in [7, 11) is 0. The quantitative estimate of drug-likeness (QED) is 0.908. The lowest BCUT2D eigenvalue weighted by molar-refractivity contribution is 0.361. The summed E-state index contributed by atoms with van der Waals surface area (Å²) in [6, 6.07) is 8.87. The van der Waals surface area contributed by atoms with Crippen LogP contribution in [0.25, 0.3) is 0 Å². The molecule has 2 aliphatic heterocycles. The van der Waals surface area contributed by atoms with Gasteiger partial charge in [-0.3, -0.25) is 0 Å². The van der Waals surface area contributed by atoms with Gasteiger partial charge in [0.1, 0.15) is 0 Å². The molecule has 2 aliphatic rings. The van der Waals surface area contributed by atoms with E-state index >= 15 is 0 Å². The predicted molar refractivity (Wildman–Crippen MR) is 84.9 cm³/mol. The van der Waals surface area contributed by atoms with Gasteiger partial charge in [-0.05, 0) is 56.8 Å². The number of anilines is 1. The van der Waals surface area contributed by atoms with Gasteiger partial charge in [0.2, 0.25) is 0 Å². The topological polar surface area (TPSA) is 15.3 Å². The van der Waals surface area contributed by atoms with Crippen molar-refractivity contribution in [3.8, 4) is 0 Å². The molecular weight excluding hydrogens is 300 g/mol. The number of nitrogens with one attached hydrogen (secondary N) is 1. The molecule has 0 amide bonds. The molecular formula is C16H23BrN2. The Balaban J connectivity index is 1.85. The maximum absolute atomic E-state index is 3.65. The fraction of sp³-hybridized carbons (Fsp3) is 0.625. The summed E-state index contributed by atoms with van der Waals surface area (Å²) < 4.78 is 1.20. The van der Waals surface area contributed by atoms with Crippen molar-refractivity contribution in [3.63, 3.8) is 0 Å². The van der Waals surface area contributed by atoms with E-state index in [1.54, 1.807) is 0 Å². The lowest BCUT2D eigenvalue weighted by Crippen LogP contribution is -2.49. The van der Waals surface area contributed by atoms with E-state index in [4.69, 9.17) is 0 Å². The summed E-state index contributed by atoms with van der Waals surface area (Å²) in [5, 5.41) is 3.65. The van der Waals surface area contributed by atoms with E-state index in [1.807, 2.05) is 0 Å². The minimum Gasteiger partial charge on any atom is -0.365 e. The van der Waals surface area contributed by atoms with Gasteiger partial charge >= 0.3 is 0 Å². The summed E-state index contributed by atoms with van der Waals surface area (Å²) in [6.07, 6.45) is 5.32. The molecule has 2 fully saturated rings. The minimum absolute atomic E-state index is 0.728. The van der Waals surface area contributed by atoms with Gasteiger partial charge in [-0.25, -0.2) is 0 Å². The molecule has 2 bridgehead atoms. The van der Waals surface area contributed by atoms with Crippen molar-refractivity contribution in [2.24, 2.45) is 0 Å². The third-order valence-corrected chi connectivity index (χ3v) is 5.17. The van der Waals surface area contributed by atoms with Gasteiger partial charge in [0.25, 0.3) is 0 Å². The largest absolute Gasteiger partial charge is 0.365 e. The van der Waals surface area contributed by atoms with Crippen molar-refractivity contribution < 1.29 is 0 Å². The molecule has 19 heavy (non-hydrogen) atoms. The van der Waals surface area contributed by atoms with Crippen molar-refractivity contribution in [2.45, 2.75) is 57.7 Å². The first-order chi connectivity index (χ1) is 9.19. The Bertz CT molecular complexity index is 446. The Labute approximate surface area is 124 Å². The zero-order valence-electron chi connectivity index (χ0n) is 11.8. The van der Waals surface area contributed by atoms with Crippen LogP contribution in [0, 0.1) is 6.92 Å². The lowest BCUT2D eigenvalue weighted by Gasteiger charge is -2.41. The molecule has 0 aliphatic carbocycles. The van der Waals surface area contributed by atoms with Gasteiger partial charge in [0, 0.05) is 28.3 Å². The summed E-state index contributed by atoms with van der Waals surface area (Å²) >= 11 is 3.62. The number of fused-ring (bicyclic) bond motifs is 2. The summed E-state index contributed by atoms with van der Waals surface area (Å²) in [4.78, 5) is 2.70. The van der Waals surface area contributed by atoms with Crippen LogP contribution < -0.4 is 10.2 Å². The number of halogens is 1. The molecule has 3 heteroatoms. The molecule has 1 aromatic rings. The fourth-order valence-electron chi connectivity index (χ4n) is 3.89. The van der Waals surface area contributed by atoms with Crippen molar-refractivity contribution in [2.75, 3.05) is 11.4 Å². The van der Waals surface area contributed by atoms with E-state index in [1.165, 1.54) is 41.4 Å². The number of aryl methyl sites for hydroxylation is 1. The van der Waals surface area contributed by atoms with Crippen LogP contribution in [0.1, 0.15) is 38.2 Å². The van der Waals surface area contributed by atoms with E-state index < -0.39 is 0 Å². The van der Waals surface area contributed by atoms with E-state index in [2.05, 4.69) is 58.2 Å². The van der Waals surface area contributed by atoms with Crippen LogP contribution in [0.5, 0.6) is 0 Å². The summed E-state index contributed by atoms with van der Waals surface area (Å²) in [5.74, 6) is 0. The number of benzene rings is 1. The van der Waals surface area contributed by atoms with Crippen molar-refractivity contribution in [3.05, 3.63) is 28.2 Å². The highest BCUT2D eigenvalue weighted by Gasteiger charge is 2.40. The molecule has 0 aromatic heterocycles. The smallest absolute Gasteiger partial charge is 0.0412 e. The predicted octanol–water partition coefficient (Wildman–Crippen LogP) is 3.87. The fourth-order valence-corrected chi connectivity index (χ4v) is 4.24. The highest BCUT2D eigenvalue weighted by molar-refractivity contribution is 9.10. The molecule has 1 aromatic carbocycles. The SMILES string of the molecule is CCNC1CC2CCC(C1)N2c1cc(Br)ccc1C.